The molecule has 2 aliphatic rings. The Kier molecular flexibility index (Phi) is 2.92. The van der Waals surface area contributed by atoms with Gasteiger partial charge in [0.2, 0.25) is 11.8 Å². The molecule has 0 radical (unpaired) electrons. The van der Waals surface area contributed by atoms with Gasteiger partial charge in [0.05, 0.1) is 0 Å². The zero-order valence-electron chi connectivity index (χ0n) is 11.3. The Bertz CT molecular complexity index is 532. The van der Waals surface area contributed by atoms with Crippen molar-refractivity contribution in [3.05, 3.63) is 34.9 Å². The van der Waals surface area contributed by atoms with E-state index < -0.39 is 0 Å². The number of carbonyl (C=O) groups excluding carboxylic acids is 2. The maximum Gasteiger partial charge on any atom is 0.227 e. The van der Waals surface area contributed by atoms with E-state index in [4.69, 9.17) is 0 Å². The van der Waals surface area contributed by atoms with Crippen molar-refractivity contribution in [1.29, 1.82) is 0 Å². The largest absolute Gasteiger partial charge is 0.296 e. The van der Waals surface area contributed by atoms with Crippen molar-refractivity contribution in [1.82, 2.24) is 5.32 Å². The highest BCUT2D eigenvalue weighted by atomic mass is 16.2. The first-order valence-corrected chi connectivity index (χ1v) is 7.02. The van der Waals surface area contributed by atoms with Crippen LogP contribution in [0.5, 0.6) is 0 Å². The molecule has 2 amide bonds. The SMILES string of the molecule is CC1(c2ccc3c(c2)CCCC3)CC(=O)NC(=O)C1. The van der Waals surface area contributed by atoms with Crippen molar-refractivity contribution in [2.45, 2.75) is 50.9 Å². The Morgan fingerprint density at radius 1 is 1.00 bits per heavy atom. The van der Waals surface area contributed by atoms with Crippen LogP contribution >= 0.6 is 0 Å². The van der Waals surface area contributed by atoms with E-state index in [1.165, 1.54) is 24.0 Å². The van der Waals surface area contributed by atoms with Gasteiger partial charge in [-0.05, 0) is 42.4 Å². The van der Waals surface area contributed by atoms with Gasteiger partial charge >= 0.3 is 0 Å². The van der Waals surface area contributed by atoms with Crippen molar-refractivity contribution in [2.24, 2.45) is 0 Å². The van der Waals surface area contributed by atoms with Gasteiger partial charge in [-0.15, -0.1) is 0 Å². The summed E-state index contributed by atoms with van der Waals surface area (Å²) >= 11 is 0. The van der Waals surface area contributed by atoms with Crippen molar-refractivity contribution < 1.29 is 9.59 Å². The number of hydrogen-bond acceptors (Lipinski definition) is 2. The van der Waals surface area contributed by atoms with Gasteiger partial charge in [0, 0.05) is 18.3 Å². The van der Waals surface area contributed by atoms with E-state index in [9.17, 15) is 9.59 Å². The highest BCUT2D eigenvalue weighted by molar-refractivity contribution is 5.99. The lowest BCUT2D eigenvalue weighted by Gasteiger charge is -2.33. The van der Waals surface area contributed by atoms with Gasteiger partial charge in [-0.3, -0.25) is 14.9 Å². The Labute approximate surface area is 113 Å². The zero-order chi connectivity index (χ0) is 13.5. The van der Waals surface area contributed by atoms with E-state index in [0.717, 1.165) is 18.4 Å². The fourth-order valence-electron chi connectivity index (χ4n) is 3.33. The van der Waals surface area contributed by atoms with Crippen LogP contribution in [0, 0.1) is 0 Å². The van der Waals surface area contributed by atoms with E-state index in [1.807, 2.05) is 6.92 Å². The fourth-order valence-corrected chi connectivity index (χ4v) is 3.33. The molecule has 0 saturated carbocycles. The lowest BCUT2D eigenvalue weighted by Crippen LogP contribution is -2.45. The molecule has 0 atom stereocenters. The van der Waals surface area contributed by atoms with Crippen molar-refractivity contribution in [3.8, 4) is 0 Å². The van der Waals surface area contributed by atoms with Crippen molar-refractivity contribution in [2.75, 3.05) is 0 Å². The summed E-state index contributed by atoms with van der Waals surface area (Å²) in [6, 6.07) is 6.52. The smallest absolute Gasteiger partial charge is 0.227 e. The van der Waals surface area contributed by atoms with Crippen LogP contribution in [0.3, 0.4) is 0 Å². The number of fused-ring (bicyclic) bond motifs is 1. The summed E-state index contributed by atoms with van der Waals surface area (Å²) in [5, 5.41) is 2.39. The maximum atomic E-state index is 11.6. The number of piperidine rings is 1. The number of nitrogens with one attached hydrogen (secondary N) is 1. The van der Waals surface area contributed by atoms with Gasteiger partial charge < -0.3 is 0 Å². The number of benzene rings is 1. The normalized spacial score (nSPS) is 21.7. The van der Waals surface area contributed by atoms with Crippen LogP contribution < -0.4 is 5.32 Å². The van der Waals surface area contributed by atoms with E-state index in [1.54, 1.807) is 0 Å². The molecule has 3 heteroatoms. The number of carbonyl (C=O) groups is 2. The number of amides is 2. The molecule has 1 N–H and O–H groups in total. The summed E-state index contributed by atoms with van der Waals surface area (Å²) in [5.74, 6) is -0.312. The molecule has 1 saturated heterocycles. The first-order valence-electron chi connectivity index (χ1n) is 7.02. The summed E-state index contributed by atoms with van der Waals surface area (Å²) in [4.78, 5) is 23.2. The number of rotatable bonds is 1. The molecule has 0 aromatic heterocycles. The molecule has 1 aromatic rings. The molecular weight excluding hydrogens is 238 g/mol. The molecule has 1 heterocycles. The molecule has 0 bridgehead atoms. The third-order valence-corrected chi connectivity index (χ3v) is 4.43. The number of imide groups is 1. The van der Waals surface area contributed by atoms with Gasteiger partial charge in [0.25, 0.3) is 0 Å². The minimum atomic E-state index is -0.341. The van der Waals surface area contributed by atoms with Crippen LogP contribution in [0.1, 0.15) is 49.3 Å². The van der Waals surface area contributed by atoms with Crippen molar-refractivity contribution >= 4 is 11.8 Å². The molecule has 0 unspecified atom stereocenters. The average Bonchev–Trinajstić information content (AvgIpc) is 2.36. The van der Waals surface area contributed by atoms with Gasteiger partial charge in [0.15, 0.2) is 0 Å². The highest BCUT2D eigenvalue weighted by Gasteiger charge is 2.37. The minimum absolute atomic E-state index is 0.156. The second kappa shape index (κ2) is 4.48. The fraction of sp³-hybridized carbons (Fsp3) is 0.500. The van der Waals surface area contributed by atoms with Crippen LogP contribution in [0.15, 0.2) is 18.2 Å². The standard InChI is InChI=1S/C16H19NO2/c1-16(9-14(18)17-15(19)10-16)13-7-6-11-4-2-3-5-12(11)8-13/h6-8H,2-5,9-10H2,1H3,(H,17,18,19). The van der Waals surface area contributed by atoms with Gasteiger partial charge in [-0.1, -0.05) is 25.1 Å². The highest BCUT2D eigenvalue weighted by Crippen LogP contribution is 2.35. The lowest BCUT2D eigenvalue weighted by molar-refractivity contribution is -0.135. The third kappa shape index (κ3) is 2.29. The summed E-state index contributed by atoms with van der Waals surface area (Å²) in [6.07, 6.45) is 5.59. The molecule has 0 spiro atoms. The summed E-state index contributed by atoms with van der Waals surface area (Å²) in [7, 11) is 0. The monoisotopic (exact) mass is 257 g/mol. The second-order valence-electron chi connectivity index (χ2n) is 6.08. The average molecular weight is 257 g/mol. The summed E-state index contributed by atoms with van der Waals surface area (Å²) in [6.45, 7) is 2.02. The quantitative estimate of drug-likeness (QED) is 0.784. The van der Waals surface area contributed by atoms with Gasteiger partial charge in [-0.25, -0.2) is 0 Å². The molecule has 19 heavy (non-hydrogen) atoms. The van der Waals surface area contributed by atoms with Crippen LogP contribution in [0.25, 0.3) is 0 Å². The van der Waals surface area contributed by atoms with Gasteiger partial charge in [0.1, 0.15) is 0 Å². The van der Waals surface area contributed by atoms with Crippen molar-refractivity contribution in [3.63, 3.8) is 0 Å². The molecule has 1 aliphatic heterocycles. The molecule has 1 fully saturated rings. The summed E-state index contributed by atoms with van der Waals surface area (Å²) in [5.41, 5.74) is 3.64. The topological polar surface area (TPSA) is 46.2 Å². The molecule has 100 valence electrons. The van der Waals surface area contributed by atoms with Crippen LogP contribution in [-0.4, -0.2) is 11.8 Å². The van der Waals surface area contributed by atoms with E-state index in [0.29, 0.717) is 12.8 Å². The van der Waals surface area contributed by atoms with Crippen LogP contribution in [0.4, 0.5) is 0 Å². The van der Waals surface area contributed by atoms with Crippen LogP contribution in [-0.2, 0) is 27.8 Å². The Balaban J connectivity index is 1.96. The molecule has 1 aliphatic carbocycles. The van der Waals surface area contributed by atoms with Gasteiger partial charge in [-0.2, -0.15) is 0 Å². The Morgan fingerprint density at radius 2 is 1.63 bits per heavy atom. The molecular formula is C16H19NO2. The Hall–Kier alpha value is -1.64. The first-order chi connectivity index (χ1) is 9.07. The number of aryl methyl sites for hydroxylation is 2. The number of hydrogen-bond donors (Lipinski definition) is 1. The van der Waals surface area contributed by atoms with E-state index in [-0.39, 0.29) is 17.2 Å². The van der Waals surface area contributed by atoms with E-state index in [2.05, 4.69) is 23.5 Å². The zero-order valence-corrected chi connectivity index (χ0v) is 11.3. The second-order valence-corrected chi connectivity index (χ2v) is 6.08. The van der Waals surface area contributed by atoms with Crippen LogP contribution in [0.2, 0.25) is 0 Å². The molecule has 1 aromatic carbocycles. The maximum absolute atomic E-state index is 11.6. The molecule has 3 rings (SSSR count). The third-order valence-electron chi connectivity index (χ3n) is 4.43. The van der Waals surface area contributed by atoms with E-state index >= 15 is 0 Å². The predicted molar refractivity (Wildman–Crippen MR) is 72.8 cm³/mol. The Morgan fingerprint density at radius 3 is 2.32 bits per heavy atom. The lowest BCUT2D eigenvalue weighted by atomic mass is 9.73. The molecule has 3 nitrogen and oxygen atoms in total. The predicted octanol–water partition coefficient (Wildman–Crippen LogP) is 2.26. The summed E-state index contributed by atoms with van der Waals surface area (Å²) < 4.78 is 0. The minimum Gasteiger partial charge on any atom is -0.296 e. The first kappa shape index (κ1) is 12.4.